The van der Waals surface area contributed by atoms with Crippen LogP contribution in [0.2, 0.25) is 0 Å². The molecule has 25 heavy (non-hydrogen) atoms. The van der Waals surface area contributed by atoms with Crippen molar-refractivity contribution in [2.75, 3.05) is 0 Å². The molecule has 0 fully saturated rings. The van der Waals surface area contributed by atoms with E-state index in [1.807, 2.05) is 6.20 Å². The summed E-state index contributed by atoms with van der Waals surface area (Å²) >= 11 is 0. The lowest BCUT2D eigenvalue weighted by atomic mass is 10.00. The maximum atomic E-state index is 4.64. The van der Waals surface area contributed by atoms with Gasteiger partial charge in [-0.3, -0.25) is 4.98 Å². The fourth-order valence-corrected chi connectivity index (χ4v) is 3.11. The second kappa shape index (κ2) is 8.62. The zero-order valence-corrected chi connectivity index (χ0v) is 15.3. The van der Waals surface area contributed by atoms with Crippen LogP contribution in [0.25, 0.3) is 22.4 Å². The Morgan fingerprint density at radius 3 is 1.76 bits per heavy atom. The summed E-state index contributed by atoms with van der Waals surface area (Å²) in [6.45, 7) is 4.44. The molecule has 1 heteroatoms. The Kier molecular flexibility index (Phi) is 6.00. The van der Waals surface area contributed by atoms with Crippen LogP contribution in [0.3, 0.4) is 0 Å². The number of aryl methyl sites for hydroxylation is 2. The Morgan fingerprint density at radius 2 is 1.20 bits per heavy atom. The summed E-state index contributed by atoms with van der Waals surface area (Å²) in [5.41, 5.74) is 7.49. The standard InChI is InChI=1S/C24H27N/c1-3-5-7-20-10-17-24(25-18-20)23-15-13-22(14-16-23)21-11-8-19(6-4-2)9-12-21/h8-18H,3-7H2,1-2H3. The van der Waals surface area contributed by atoms with Crippen molar-refractivity contribution >= 4 is 0 Å². The molecular formula is C24H27N. The third-order valence-corrected chi connectivity index (χ3v) is 4.65. The van der Waals surface area contributed by atoms with Crippen molar-refractivity contribution in [3.63, 3.8) is 0 Å². The van der Waals surface area contributed by atoms with Crippen LogP contribution in [0, 0.1) is 0 Å². The maximum Gasteiger partial charge on any atom is 0.0702 e. The Bertz CT molecular complexity index is 768. The highest BCUT2D eigenvalue weighted by Crippen LogP contribution is 2.24. The van der Waals surface area contributed by atoms with Crippen molar-refractivity contribution in [1.82, 2.24) is 4.98 Å². The molecule has 0 N–H and O–H groups in total. The lowest BCUT2D eigenvalue weighted by molar-refractivity contribution is 0.792. The molecule has 1 heterocycles. The van der Waals surface area contributed by atoms with Crippen LogP contribution in [-0.2, 0) is 12.8 Å². The van der Waals surface area contributed by atoms with Gasteiger partial charge in [-0.2, -0.15) is 0 Å². The molecule has 0 radical (unpaired) electrons. The van der Waals surface area contributed by atoms with E-state index < -0.39 is 0 Å². The molecular weight excluding hydrogens is 302 g/mol. The minimum atomic E-state index is 1.05. The van der Waals surface area contributed by atoms with Crippen molar-refractivity contribution in [3.8, 4) is 22.4 Å². The predicted octanol–water partition coefficient (Wildman–Crippen LogP) is 6.71. The first-order valence-corrected chi connectivity index (χ1v) is 9.45. The fourth-order valence-electron chi connectivity index (χ4n) is 3.11. The van der Waals surface area contributed by atoms with Gasteiger partial charge in [0.05, 0.1) is 5.69 Å². The van der Waals surface area contributed by atoms with Crippen LogP contribution in [0.1, 0.15) is 44.2 Å². The van der Waals surface area contributed by atoms with Crippen molar-refractivity contribution in [2.45, 2.75) is 46.0 Å². The summed E-state index contributed by atoms with van der Waals surface area (Å²) in [5, 5.41) is 0. The summed E-state index contributed by atoms with van der Waals surface area (Å²) in [6, 6.07) is 22.0. The second-order valence-electron chi connectivity index (χ2n) is 6.68. The van der Waals surface area contributed by atoms with E-state index in [0.717, 1.165) is 18.5 Å². The van der Waals surface area contributed by atoms with Crippen LogP contribution >= 0.6 is 0 Å². The minimum Gasteiger partial charge on any atom is -0.256 e. The van der Waals surface area contributed by atoms with Crippen molar-refractivity contribution in [1.29, 1.82) is 0 Å². The molecule has 0 aliphatic carbocycles. The third kappa shape index (κ3) is 4.57. The molecule has 2 aromatic carbocycles. The summed E-state index contributed by atoms with van der Waals surface area (Å²) in [5.74, 6) is 0. The number of hydrogen-bond acceptors (Lipinski definition) is 1. The van der Waals surface area contributed by atoms with E-state index >= 15 is 0 Å². The van der Waals surface area contributed by atoms with Crippen molar-refractivity contribution in [3.05, 3.63) is 78.0 Å². The average molecular weight is 329 g/mol. The Balaban J connectivity index is 1.73. The van der Waals surface area contributed by atoms with Crippen molar-refractivity contribution < 1.29 is 0 Å². The molecule has 0 amide bonds. The van der Waals surface area contributed by atoms with Crippen molar-refractivity contribution in [2.24, 2.45) is 0 Å². The number of benzene rings is 2. The van der Waals surface area contributed by atoms with Gasteiger partial charge in [0.2, 0.25) is 0 Å². The molecule has 0 aliphatic heterocycles. The molecule has 3 rings (SSSR count). The normalized spacial score (nSPS) is 10.8. The largest absolute Gasteiger partial charge is 0.256 e. The van der Waals surface area contributed by atoms with Gasteiger partial charge in [-0.1, -0.05) is 81.3 Å². The van der Waals surface area contributed by atoms with Gasteiger partial charge in [-0.15, -0.1) is 0 Å². The summed E-state index contributed by atoms with van der Waals surface area (Å²) in [6.07, 6.45) is 7.94. The van der Waals surface area contributed by atoms with Gasteiger partial charge < -0.3 is 0 Å². The van der Waals surface area contributed by atoms with E-state index in [2.05, 4.69) is 79.5 Å². The molecule has 0 aliphatic rings. The molecule has 0 spiro atoms. The maximum absolute atomic E-state index is 4.64. The molecule has 128 valence electrons. The zero-order chi connectivity index (χ0) is 17.5. The zero-order valence-electron chi connectivity index (χ0n) is 15.3. The lowest BCUT2D eigenvalue weighted by Crippen LogP contribution is -1.89. The first-order chi connectivity index (χ1) is 12.3. The van der Waals surface area contributed by atoms with Crippen LogP contribution < -0.4 is 0 Å². The number of hydrogen-bond donors (Lipinski definition) is 0. The van der Waals surface area contributed by atoms with E-state index in [0.29, 0.717) is 0 Å². The second-order valence-corrected chi connectivity index (χ2v) is 6.68. The first kappa shape index (κ1) is 17.4. The Morgan fingerprint density at radius 1 is 0.600 bits per heavy atom. The minimum absolute atomic E-state index is 1.05. The smallest absolute Gasteiger partial charge is 0.0702 e. The van der Waals surface area contributed by atoms with Gasteiger partial charge in [0.25, 0.3) is 0 Å². The molecule has 1 aromatic heterocycles. The SMILES string of the molecule is CCCCc1ccc(-c2ccc(-c3ccc(CCC)cc3)cc2)nc1. The molecule has 0 bridgehead atoms. The van der Waals surface area contributed by atoms with Crippen LogP contribution in [0.4, 0.5) is 0 Å². The molecule has 0 atom stereocenters. The summed E-state index contributed by atoms with van der Waals surface area (Å²) in [4.78, 5) is 4.64. The monoisotopic (exact) mass is 329 g/mol. The van der Waals surface area contributed by atoms with Gasteiger partial charge in [-0.25, -0.2) is 0 Å². The third-order valence-electron chi connectivity index (χ3n) is 4.65. The van der Waals surface area contributed by atoms with Gasteiger partial charge >= 0.3 is 0 Å². The van der Waals surface area contributed by atoms with Crippen LogP contribution in [0.15, 0.2) is 66.9 Å². The molecule has 1 nitrogen and oxygen atoms in total. The molecule has 0 saturated carbocycles. The number of aromatic nitrogens is 1. The molecule has 0 saturated heterocycles. The highest BCUT2D eigenvalue weighted by Gasteiger charge is 2.02. The summed E-state index contributed by atoms with van der Waals surface area (Å²) in [7, 11) is 0. The number of nitrogens with zero attached hydrogens (tertiary/aromatic N) is 1. The number of unbranched alkanes of at least 4 members (excludes halogenated alkanes) is 1. The van der Waals surface area contributed by atoms with Gasteiger partial charge in [0.1, 0.15) is 0 Å². The van der Waals surface area contributed by atoms with E-state index in [-0.39, 0.29) is 0 Å². The fraction of sp³-hybridized carbons (Fsp3) is 0.292. The first-order valence-electron chi connectivity index (χ1n) is 9.45. The highest BCUT2D eigenvalue weighted by molar-refractivity contribution is 5.69. The van der Waals surface area contributed by atoms with Gasteiger partial charge in [0, 0.05) is 11.8 Å². The summed E-state index contributed by atoms with van der Waals surface area (Å²) < 4.78 is 0. The predicted molar refractivity (Wildman–Crippen MR) is 108 cm³/mol. The van der Waals surface area contributed by atoms with Crippen LogP contribution in [0.5, 0.6) is 0 Å². The quantitative estimate of drug-likeness (QED) is 0.469. The topological polar surface area (TPSA) is 12.9 Å². The highest BCUT2D eigenvalue weighted by atomic mass is 14.7. The Labute approximate surface area is 151 Å². The molecule has 0 unspecified atom stereocenters. The van der Waals surface area contributed by atoms with Gasteiger partial charge in [0.15, 0.2) is 0 Å². The lowest BCUT2D eigenvalue weighted by Gasteiger charge is -2.07. The van der Waals surface area contributed by atoms with Crippen LogP contribution in [-0.4, -0.2) is 4.98 Å². The Hall–Kier alpha value is -2.41. The number of pyridine rings is 1. The van der Waals surface area contributed by atoms with E-state index in [1.54, 1.807) is 0 Å². The van der Waals surface area contributed by atoms with E-state index in [4.69, 9.17) is 0 Å². The van der Waals surface area contributed by atoms with Gasteiger partial charge in [-0.05, 0) is 47.6 Å². The van der Waals surface area contributed by atoms with E-state index in [1.165, 1.54) is 47.1 Å². The van der Waals surface area contributed by atoms with E-state index in [9.17, 15) is 0 Å². The molecule has 3 aromatic rings. The average Bonchev–Trinajstić information content (AvgIpc) is 2.68. The number of rotatable bonds is 7.